The van der Waals surface area contributed by atoms with E-state index in [1.165, 1.54) is 0 Å². The van der Waals surface area contributed by atoms with E-state index in [-0.39, 0.29) is 6.61 Å². The highest BCUT2D eigenvalue weighted by atomic mass is 19.1. The van der Waals surface area contributed by atoms with Crippen molar-refractivity contribution in [3.63, 3.8) is 0 Å². The van der Waals surface area contributed by atoms with Crippen molar-refractivity contribution in [2.45, 2.75) is 6.10 Å². The zero-order chi connectivity index (χ0) is 12.4. The van der Waals surface area contributed by atoms with Crippen molar-refractivity contribution in [1.82, 2.24) is 0 Å². The minimum Gasteiger partial charge on any atom is -0.430 e. The van der Waals surface area contributed by atoms with E-state index in [1.54, 1.807) is 0 Å². The number of cyclic esters (lactones) is 2. The van der Waals surface area contributed by atoms with Crippen LogP contribution in [0.4, 0.5) is 13.6 Å². The Balaban J connectivity index is 2.05. The van der Waals surface area contributed by atoms with Crippen LogP contribution in [0.3, 0.4) is 0 Å². The summed E-state index contributed by atoms with van der Waals surface area (Å²) in [5.41, 5.74) is 0. The predicted octanol–water partition coefficient (Wildman–Crippen LogP) is 1.41. The van der Waals surface area contributed by atoms with E-state index < -0.39 is 35.6 Å². The van der Waals surface area contributed by atoms with Crippen molar-refractivity contribution < 1.29 is 32.6 Å². The molecule has 1 atom stereocenters. The average molecular weight is 244 g/mol. The molecule has 1 aliphatic heterocycles. The molecule has 2 rings (SSSR count). The van der Waals surface area contributed by atoms with E-state index in [9.17, 15) is 18.4 Å². The lowest BCUT2D eigenvalue weighted by Gasteiger charge is -2.07. The van der Waals surface area contributed by atoms with Gasteiger partial charge in [0, 0.05) is 6.07 Å². The maximum Gasteiger partial charge on any atom is 0.509 e. The predicted molar refractivity (Wildman–Crippen MR) is 48.2 cm³/mol. The summed E-state index contributed by atoms with van der Waals surface area (Å²) in [7, 11) is 0. The quantitative estimate of drug-likeness (QED) is 0.581. The highest BCUT2D eigenvalue weighted by Crippen LogP contribution is 2.19. The smallest absolute Gasteiger partial charge is 0.430 e. The van der Waals surface area contributed by atoms with Crippen LogP contribution in [-0.4, -0.2) is 24.8 Å². The molecule has 0 amide bonds. The van der Waals surface area contributed by atoms with Gasteiger partial charge in [0.05, 0.1) is 0 Å². The first-order valence-electron chi connectivity index (χ1n) is 4.56. The monoisotopic (exact) mass is 244 g/mol. The number of halogens is 2. The Morgan fingerprint density at radius 3 is 2.76 bits per heavy atom. The van der Waals surface area contributed by atoms with Gasteiger partial charge in [-0.05, 0) is 12.1 Å². The molecule has 0 bridgehead atoms. The molecule has 5 nitrogen and oxygen atoms in total. The van der Waals surface area contributed by atoms with Crippen LogP contribution in [0.25, 0.3) is 0 Å². The number of carbonyl (C=O) groups excluding carboxylic acids is 2. The van der Waals surface area contributed by atoms with Crippen molar-refractivity contribution in [1.29, 1.82) is 0 Å². The lowest BCUT2D eigenvalue weighted by molar-refractivity contribution is -0.142. The van der Waals surface area contributed by atoms with Crippen LogP contribution in [-0.2, 0) is 14.3 Å². The zero-order valence-electron chi connectivity index (χ0n) is 8.31. The number of hydrogen-bond acceptors (Lipinski definition) is 5. The van der Waals surface area contributed by atoms with Crippen molar-refractivity contribution in [3.05, 3.63) is 29.8 Å². The van der Waals surface area contributed by atoms with Crippen LogP contribution in [0.2, 0.25) is 0 Å². The molecule has 1 aromatic carbocycles. The first-order chi connectivity index (χ1) is 8.06. The second kappa shape index (κ2) is 4.36. The van der Waals surface area contributed by atoms with E-state index >= 15 is 0 Å². The molecule has 1 aromatic rings. The summed E-state index contributed by atoms with van der Waals surface area (Å²) in [6, 6.07) is 2.46. The van der Waals surface area contributed by atoms with Crippen LogP contribution < -0.4 is 4.74 Å². The number of rotatable bonds is 2. The summed E-state index contributed by atoms with van der Waals surface area (Å²) in [4.78, 5) is 21.9. The van der Waals surface area contributed by atoms with Gasteiger partial charge in [-0.2, -0.15) is 0 Å². The van der Waals surface area contributed by atoms with Gasteiger partial charge < -0.3 is 14.2 Å². The Hall–Kier alpha value is -2.18. The molecule has 0 spiro atoms. The minimum absolute atomic E-state index is 0.291. The zero-order valence-corrected chi connectivity index (χ0v) is 8.31. The summed E-state index contributed by atoms with van der Waals surface area (Å²) >= 11 is 0. The van der Waals surface area contributed by atoms with Crippen molar-refractivity contribution in [3.8, 4) is 5.75 Å². The van der Waals surface area contributed by atoms with Gasteiger partial charge in [-0.15, -0.1) is 0 Å². The second-order valence-corrected chi connectivity index (χ2v) is 3.16. The van der Waals surface area contributed by atoms with Gasteiger partial charge in [0.1, 0.15) is 12.4 Å². The third kappa shape index (κ3) is 2.49. The standard InChI is InChI=1S/C10H6F2O5/c11-5-1-2-7(6(12)3-5)16-9(13)8-4-15-10(14)17-8/h1-3,8H,4H2. The maximum absolute atomic E-state index is 13.1. The molecule has 1 unspecified atom stereocenters. The normalized spacial score (nSPS) is 18.5. The van der Waals surface area contributed by atoms with Gasteiger partial charge in [-0.3, -0.25) is 0 Å². The van der Waals surface area contributed by atoms with E-state index in [0.717, 1.165) is 12.1 Å². The summed E-state index contributed by atoms with van der Waals surface area (Å²) in [6.45, 7) is -0.291. The third-order valence-corrected chi connectivity index (χ3v) is 1.96. The second-order valence-electron chi connectivity index (χ2n) is 3.16. The molecule has 7 heteroatoms. The van der Waals surface area contributed by atoms with Crippen LogP contribution in [0, 0.1) is 11.6 Å². The number of ether oxygens (including phenoxy) is 3. The summed E-state index contributed by atoms with van der Waals surface area (Å²) in [5.74, 6) is -3.25. The molecule has 17 heavy (non-hydrogen) atoms. The molecular formula is C10H6F2O5. The minimum atomic E-state index is -1.23. The fraction of sp³-hybridized carbons (Fsp3) is 0.200. The number of hydrogen-bond donors (Lipinski definition) is 0. The molecule has 90 valence electrons. The third-order valence-electron chi connectivity index (χ3n) is 1.96. The molecule has 0 radical (unpaired) electrons. The Labute approximate surface area is 93.9 Å². The molecule has 0 aromatic heterocycles. The number of carbonyl (C=O) groups is 2. The van der Waals surface area contributed by atoms with Crippen LogP contribution in [0.1, 0.15) is 0 Å². The molecule has 0 saturated carbocycles. The van der Waals surface area contributed by atoms with Gasteiger partial charge >= 0.3 is 12.1 Å². The number of benzene rings is 1. The fourth-order valence-electron chi connectivity index (χ4n) is 1.18. The van der Waals surface area contributed by atoms with Gasteiger partial charge in [0.25, 0.3) is 0 Å². The van der Waals surface area contributed by atoms with Gasteiger partial charge in [-0.1, -0.05) is 0 Å². The first-order valence-corrected chi connectivity index (χ1v) is 4.56. The van der Waals surface area contributed by atoms with Gasteiger partial charge in [0.2, 0.25) is 6.10 Å². The average Bonchev–Trinajstić information content (AvgIpc) is 2.69. The van der Waals surface area contributed by atoms with Crippen molar-refractivity contribution >= 4 is 12.1 Å². The summed E-state index contributed by atoms with van der Waals surface area (Å²) in [6.07, 6.45) is -2.22. The first kappa shape index (κ1) is 11.3. The largest absolute Gasteiger partial charge is 0.509 e. The number of esters is 1. The maximum atomic E-state index is 13.1. The Kier molecular flexibility index (Phi) is 2.90. The molecule has 0 N–H and O–H groups in total. The highest BCUT2D eigenvalue weighted by Gasteiger charge is 2.33. The van der Waals surface area contributed by atoms with Crippen molar-refractivity contribution in [2.75, 3.05) is 6.61 Å². The fourth-order valence-corrected chi connectivity index (χ4v) is 1.18. The van der Waals surface area contributed by atoms with E-state index in [2.05, 4.69) is 14.2 Å². The lowest BCUT2D eigenvalue weighted by atomic mass is 10.3. The van der Waals surface area contributed by atoms with Crippen LogP contribution >= 0.6 is 0 Å². The van der Waals surface area contributed by atoms with Gasteiger partial charge in [-0.25, -0.2) is 18.4 Å². The molecule has 1 saturated heterocycles. The van der Waals surface area contributed by atoms with E-state index in [1.807, 2.05) is 0 Å². The summed E-state index contributed by atoms with van der Waals surface area (Å²) in [5, 5.41) is 0. The molecule has 1 aliphatic rings. The van der Waals surface area contributed by atoms with Crippen molar-refractivity contribution in [2.24, 2.45) is 0 Å². The molecule has 0 aliphatic carbocycles. The SMILES string of the molecule is O=C1OCC(C(=O)Oc2ccc(F)cc2F)O1. The molecule has 1 fully saturated rings. The van der Waals surface area contributed by atoms with E-state index in [4.69, 9.17) is 0 Å². The van der Waals surface area contributed by atoms with Crippen LogP contribution in [0.5, 0.6) is 5.75 Å². The molecular weight excluding hydrogens is 238 g/mol. The topological polar surface area (TPSA) is 61.8 Å². The summed E-state index contributed by atoms with van der Waals surface area (Å²) < 4.78 is 39.1. The Bertz CT molecular complexity index is 474. The molecule has 1 heterocycles. The van der Waals surface area contributed by atoms with E-state index in [0.29, 0.717) is 6.07 Å². The Morgan fingerprint density at radius 2 is 2.18 bits per heavy atom. The van der Waals surface area contributed by atoms with Gasteiger partial charge in [0.15, 0.2) is 11.6 Å². The highest BCUT2D eigenvalue weighted by molar-refractivity contribution is 5.81. The van der Waals surface area contributed by atoms with Crippen LogP contribution in [0.15, 0.2) is 18.2 Å². The lowest BCUT2D eigenvalue weighted by Crippen LogP contribution is -2.28. The Morgan fingerprint density at radius 1 is 1.41 bits per heavy atom.